The van der Waals surface area contributed by atoms with Gasteiger partial charge in [-0.15, -0.1) is 0 Å². The average molecular weight is 172 g/mol. The van der Waals surface area contributed by atoms with Crippen molar-refractivity contribution < 1.29 is 24.9 Å². The normalized spacial score (nSPS) is 11.1. The van der Waals surface area contributed by atoms with Crippen molar-refractivity contribution in [1.29, 1.82) is 0 Å². The van der Waals surface area contributed by atoms with E-state index in [9.17, 15) is 9.59 Å². The Morgan fingerprint density at radius 2 is 1.92 bits per heavy atom. The Kier molecular flexibility index (Phi) is 4.49. The highest BCUT2D eigenvalue weighted by molar-refractivity contribution is 5.80. The maximum atomic E-state index is 10.3. The van der Waals surface area contributed by atoms with Crippen LogP contribution in [0.15, 0.2) is 0 Å². The van der Waals surface area contributed by atoms with Gasteiger partial charge in [-0.05, 0) is 0 Å². The van der Waals surface area contributed by atoms with Crippen molar-refractivity contribution in [2.24, 2.45) is 5.92 Å². The van der Waals surface area contributed by atoms with E-state index in [2.05, 4.69) is 11.8 Å². The van der Waals surface area contributed by atoms with Crippen LogP contribution in [0.1, 0.15) is 6.42 Å². The Labute approximate surface area is 68.6 Å². The molecule has 3 N–H and O–H groups in total. The average Bonchev–Trinajstić information content (AvgIpc) is 1.96. The van der Waals surface area contributed by atoms with E-state index in [1.807, 2.05) is 0 Å². The molecular weight excluding hydrogens is 164 g/mol. The second-order valence-corrected chi connectivity index (χ2v) is 1.97. The molecule has 0 aromatic heterocycles. The van der Waals surface area contributed by atoms with E-state index in [1.54, 1.807) is 0 Å². The van der Waals surface area contributed by atoms with Gasteiger partial charge in [0.2, 0.25) is 0 Å². The van der Waals surface area contributed by atoms with E-state index in [0.717, 1.165) is 0 Å². The van der Waals surface area contributed by atoms with E-state index in [-0.39, 0.29) is 0 Å². The van der Waals surface area contributed by atoms with E-state index >= 15 is 0 Å². The zero-order valence-corrected chi connectivity index (χ0v) is 6.15. The van der Waals surface area contributed by atoms with Gasteiger partial charge in [0.1, 0.15) is 12.5 Å². The van der Waals surface area contributed by atoms with Crippen LogP contribution >= 0.6 is 0 Å². The molecule has 0 saturated carbocycles. The Hall–Kier alpha value is -1.54. The van der Waals surface area contributed by atoms with E-state index in [1.165, 1.54) is 0 Å². The van der Waals surface area contributed by atoms with Crippen molar-refractivity contribution in [1.82, 2.24) is 0 Å². The van der Waals surface area contributed by atoms with Gasteiger partial charge in [0.25, 0.3) is 0 Å². The molecule has 0 heterocycles. The van der Waals surface area contributed by atoms with Gasteiger partial charge in [-0.3, -0.25) is 9.59 Å². The molecule has 0 amide bonds. The standard InChI is InChI=1S/C7H8O5/c8-3-1-2-5(7(11)12)4-6(9)10/h5,8H,3-4H2,(H,9,10)(H,11,12)/t5-/m1/s1. The fraction of sp³-hybridized carbons (Fsp3) is 0.429. The van der Waals surface area contributed by atoms with Gasteiger partial charge in [0.05, 0.1) is 6.42 Å². The molecule has 0 rings (SSSR count). The molecule has 0 aliphatic heterocycles. The van der Waals surface area contributed by atoms with E-state index in [0.29, 0.717) is 0 Å². The molecule has 0 aliphatic carbocycles. The molecule has 0 aromatic rings. The van der Waals surface area contributed by atoms with Gasteiger partial charge < -0.3 is 15.3 Å². The lowest BCUT2D eigenvalue weighted by Gasteiger charge is -1.99. The molecule has 1 atom stereocenters. The summed E-state index contributed by atoms with van der Waals surface area (Å²) in [5.41, 5.74) is 0. The Balaban J connectivity index is 4.24. The summed E-state index contributed by atoms with van der Waals surface area (Å²) in [6, 6.07) is 0. The SMILES string of the molecule is O=C(O)C[C@@H](C#CCO)C(=O)O. The number of hydrogen-bond donors (Lipinski definition) is 3. The minimum atomic E-state index is -1.29. The molecule has 0 bridgehead atoms. The zero-order valence-electron chi connectivity index (χ0n) is 6.15. The van der Waals surface area contributed by atoms with Gasteiger partial charge >= 0.3 is 11.9 Å². The van der Waals surface area contributed by atoms with E-state index < -0.39 is 30.9 Å². The number of hydrogen-bond acceptors (Lipinski definition) is 3. The van der Waals surface area contributed by atoms with Gasteiger partial charge in [0.15, 0.2) is 0 Å². The van der Waals surface area contributed by atoms with Crippen LogP contribution in [0.4, 0.5) is 0 Å². The predicted molar refractivity (Wildman–Crippen MR) is 38.2 cm³/mol. The van der Waals surface area contributed by atoms with Crippen LogP contribution in [0.5, 0.6) is 0 Å². The molecule has 5 heteroatoms. The van der Waals surface area contributed by atoms with Crippen LogP contribution in [0.3, 0.4) is 0 Å². The van der Waals surface area contributed by atoms with Crippen LogP contribution in [-0.2, 0) is 9.59 Å². The fourth-order valence-electron chi connectivity index (χ4n) is 0.544. The van der Waals surface area contributed by atoms with Crippen molar-refractivity contribution in [2.45, 2.75) is 6.42 Å². The smallest absolute Gasteiger partial charge is 0.319 e. The summed E-state index contributed by atoms with van der Waals surface area (Å²) in [5.74, 6) is 0.455. The van der Waals surface area contributed by atoms with Crippen molar-refractivity contribution in [3.8, 4) is 11.8 Å². The summed E-state index contributed by atoms with van der Waals surface area (Å²) >= 11 is 0. The lowest BCUT2D eigenvalue weighted by molar-refractivity contribution is -0.146. The van der Waals surface area contributed by atoms with Gasteiger partial charge in [-0.25, -0.2) is 0 Å². The minimum absolute atomic E-state index is 0.469. The first-order valence-corrected chi connectivity index (χ1v) is 3.11. The lowest BCUT2D eigenvalue weighted by Crippen LogP contribution is -2.15. The first-order chi connectivity index (χ1) is 5.57. The molecule has 0 aromatic carbocycles. The van der Waals surface area contributed by atoms with E-state index in [4.69, 9.17) is 15.3 Å². The van der Waals surface area contributed by atoms with Crippen molar-refractivity contribution in [3.63, 3.8) is 0 Å². The Morgan fingerprint density at radius 3 is 2.25 bits per heavy atom. The number of aliphatic hydroxyl groups excluding tert-OH is 1. The van der Waals surface area contributed by atoms with Crippen molar-refractivity contribution in [2.75, 3.05) is 6.61 Å². The van der Waals surface area contributed by atoms with Gasteiger partial charge in [-0.1, -0.05) is 11.8 Å². The van der Waals surface area contributed by atoms with Gasteiger partial charge in [0, 0.05) is 0 Å². The first-order valence-electron chi connectivity index (χ1n) is 3.11. The fourth-order valence-corrected chi connectivity index (χ4v) is 0.544. The zero-order chi connectivity index (χ0) is 9.56. The quantitative estimate of drug-likeness (QED) is 0.482. The summed E-state index contributed by atoms with van der Waals surface area (Å²) in [6.07, 6.45) is -0.553. The topological polar surface area (TPSA) is 94.8 Å². The second-order valence-electron chi connectivity index (χ2n) is 1.97. The first kappa shape index (κ1) is 10.5. The molecule has 0 aliphatic rings. The van der Waals surface area contributed by atoms with Crippen LogP contribution in [0.2, 0.25) is 0 Å². The number of aliphatic carboxylic acids is 2. The highest BCUT2D eigenvalue weighted by Crippen LogP contribution is 2.00. The summed E-state index contributed by atoms with van der Waals surface area (Å²) in [6.45, 7) is -0.469. The molecule has 0 radical (unpaired) electrons. The third kappa shape index (κ3) is 4.30. The van der Waals surface area contributed by atoms with Crippen molar-refractivity contribution in [3.05, 3.63) is 0 Å². The largest absolute Gasteiger partial charge is 0.481 e. The van der Waals surface area contributed by atoms with Crippen molar-refractivity contribution >= 4 is 11.9 Å². The van der Waals surface area contributed by atoms with Crippen LogP contribution in [0.25, 0.3) is 0 Å². The molecule has 0 saturated heterocycles. The second kappa shape index (κ2) is 5.16. The number of carbonyl (C=O) groups is 2. The number of aliphatic hydroxyl groups is 1. The Morgan fingerprint density at radius 1 is 1.33 bits per heavy atom. The number of carboxylic acid groups (broad SMARTS) is 2. The monoisotopic (exact) mass is 172 g/mol. The molecule has 12 heavy (non-hydrogen) atoms. The third-order valence-corrected chi connectivity index (χ3v) is 1.03. The minimum Gasteiger partial charge on any atom is -0.481 e. The lowest BCUT2D eigenvalue weighted by atomic mass is 10.1. The molecule has 66 valence electrons. The molecule has 0 fully saturated rings. The molecule has 5 nitrogen and oxygen atoms in total. The van der Waals surface area contributed by atoms with Gasteiger partial charge in [-0.2, -0.15) is 0 Å². The van der Waals surface area contributed by atoms with Crippen LogP contribution in [0, 0.1) is 17.8 Å². The maximum absolute atomic E-state index is 10.3. The van der Waals surface area contributed by atoms with Crippen LogP contribution in [-0.4, -0.2) is 33.9 Å². The summed E-state index contributed by atoms with van der Waals surface area (Å²) < 4.78 is 0. The predicted octanol–water partition coefficient (Wildman–Crippen LogP) is -0.842. The molecule has 0 spiro atoms. The molecular formula is C7H8O5. The summed E-state index contributed by atoms with van der Waals surface area (Å²) in [4.78, 5) is 20.4. The summed E-state index contributed by atoms with van der Waals surface area (Å²) in [7, 11) is 0. The third-order valence-electron chi connectivity index (χ3n) is 1.03. The highest BCUT2D eigenvalue weighted by atomic mass is 16.4. The summed E-state index contributed by atoms with van der Waals surface area (Å²) in [5, 5.41) is 24.9. The van der Waals surface area contributed by atoms with Crippen LogP contribution < -0.4 is 0 Å². The number of carboxylic acids is 2. The Bertz CT molecular complexity index is 234. The highest BCUT2D eigenvalue weighted by Gasteiger charge is 2.17. The molecule has 0 unspecified atom stereocenters. The number of rotatable bonds is 3. The maximum Gasteiger partial charge on any atom is 0.319 e.